The topological polar surface area (TPSA) is 37.8 Å². The Kier molecular flexibility index (Phi) is 3.53. The van der Waals surface area contributed by atoms with Crippen molar-refractivity contribution in [2.75, 3.05) is 5.32 Å². The molecule has 0 bridgehead atoms. The number of aromatic nitrogens is 2. The van der Waals surface area contributed by atoms with Crippen molar-refractivity contribution >= 4 is 23.2 Å². The summed E-state index contributed by atoms with van der Waals surface area (Å²) in [6.45, 7) is 6.41. The number of benzene rings is 1. The molecule has 0 saturated carbocycles. The van der Waals surface area contributed by atoms with Crippen molar-refractivity contribution in [2.45, 2.75) is 26.2 Å². The average molecular weight is 262 g/mol. The van der Waals surface area contributed by atoms with E-state index >= 15 is 0 Å². The molecular formula is C14H16ClN3. The van der Waals surface area contributed by atoms with Crippen LogP contribution in [-0.2, 0) is 5.41 Å². The maximum absolute atomic E-state index is 6.43. The Morgan fingerprint density at radius 2 is 1.72 bits per heavy atom. The average Bonchev–Trinajstić information content (AvgIpc) is 2.32. The number of hydrogen-bond donors (Lipinski definition) is 1. The van der Waals surface area contributed by atoms with Crippen LogP contribution in [0.5, 0.6) is 0 Å². The highest BCUT2D eigenvalue weighted by molar-refractivity contribution is 6.34. The number of anilines is 2. The van der Waals surface area contributed by atoms with E-state index in [9.17, 15) is 0 Å². The lowest BCUT2D eigenvalue weighted by Gasteiger charge is -2.22. The summed E-state index contributed by atoms with van der Waals surface area (Å²) in [4.78, 5) is 8.25. The molecule has 3 nitrogen and oxygen atoms in total. The van der Waals surface area contributed by atoms with Gasteiger partial charge < -0.3 is 5.32 Å². The van der Waals surface area contributed by atoms with Crippen molar-refractivity contribution in [3.63, 3.8) is 0 Å². The number of halogens is 1. The minimum absolute atomic E-state index is 0.00627. The first-order chi connectivity index (χ1) is 8.48. The number of rotatable bonds is 2. The van der Waals surface area contributed by atoms with Crippen LogP contribution in [0.3, 0.4) is 0 Å². The van der Waals surface area contributed by atoms with Crippen molar-refractivity contribution in [3.8, 4) is 0 Å². The van der Waals surface area contributed by atoms with Gasteiger partial charge in [-0.1, -0.05) is 44.5 Å². The van der Waals surface area contributed by atoms with Gasteiger partial charge in [0.1, 0.15) is 0 Å². The van der Waals surface area contributed by atoms with Crippen LogP contribution in [0.15, 0.2) is 36.7 Å². The molecule has 1 heterocycles. The molecule has 0 radical (unpaired) electrons. The minimum Gasteiger partial charge on any atom is -0.323 e. The molecule has 0 atom stereocenters. The normalized spacial score (nSPS) is 11.3. The molecule has 0 fully saturated rings. The molecule has 0 unspecified atom stereocenters. The van der Waals surface area contributed by atoms with Crippen LogP contribution in [0.25, 0.3) is 0 Å². The van der Waals surface area contributed by atoms with Gasteiger partial charge in [0.15, 0.2) is 0 Å². The molecule has 18 heavy (non-hydrogen) atoms. The van der Waals surface area contributed by atoms with Gasteiger partial charge in [-0.25, -0.2) is 9.97 Å². The molecule has 0 spiro atoms. The Morgan fingerprint density at radius 3 is 2.33 bits per heavy atom. The second-order valence-electron chi connectivity index (χ2n) is 5.11. The Morgan fingerprint density at radius 1 is 1.06 bits per heavy atom. The summed E-state index contributed by atoms with van der Waals surface area (Å²) in [5.74, 6) is 0.547. The maximum atomic E-state index is 6.43. The molecule has 0 aliphatic rings. The smallest absolute Gasteiger partial charge is 0.227 e. The molecule has 4 heteroatoms. The first-order valence-electron chi connectivity index (χ1n) is 5.81. The van der Waals surface area contributed by atoms with Crippen LogP contribution in [-0.4, -0.2) is 9.97 Å². The number of nitrogens with zero attached hydrogens (tertiary/aromatic N) is 2. The van der Waals surface area contributed by atoms with E-state index in [1.54, 1.807) is 18.5 Å². The second kappa shape index (κ2) is 4.94. The summed E-state index contributed by atoms with van der Waals surface area (Å²) in [6.07, 6.45) is 3.38. The zero-order chi connectivity index (χ0) is 13.2. The molecule has 94 valence electrons. The summed E-state index contributed by atoms with van der Waals surface area (Å²) >= 11 is 6.43. The first kappa shape index (κ1) is 12.8. The van der Waals surface area contributed by atoms with Crippen LogP contribution in [0.4, 0.5) is 11.6 Å². The quantitative estimate of drug-likeness (QED) is 0.882. The van der Waals surface area contributed by atoms with E-state index in [1.165, 1.54) is 0 Å². The van der Waals surface area contributed by atoms with E-state index < -0.39 is 0 Å². The molecule has 0 amide bonds. The number of hydrogen-bond acceptors (Lipinski definition) is 3. The van der Waals surface area contributed by atoms with Crippen molar-refractivity contribution in [2.24, 2.45) is 0 Å². The molecule has 2 rings (SSSR count). The third kappa shape index (κ3) is 2.79. The third-order valence-electron chi connectivity index (χ3n) is 2.62. The van der Waals surface area contributed by atoms with Gasteiger partial charge in [0.25, 0.3) is 0 Å². The van der Waals surface area contributed by atoms with Crippen molar-refractivity contribution in [3.05, 3.63) is 47.2 Å². The fraction of sp³-hybridized carbons (Fsp3) is 0.286. The summed E-state index contributed by atoms with van der Waals surface area (Å²) in [6, 6.07) is 7.73. The fourth-order valence-electron chi connectivity index (χ4n) is 1.69. The Hall–Kier alpha value is -1.61. The number of nitrogens with one attached hydrogen (secondary N) is 1. The molecule has 0 saturated heterocycles. The first-order valence-corrected chi connectivity index (χ1v) is 6.19. The zero-order valence-electron chi connectivity index (χ0n) is 10.7. The van der Waals surface area contributed by atoms with E-state index in [0.29, 0.717) is 5.95 Å². The van der Waals surface area contributed by atoms with Gasteiger partial charge in [-0.3, -0.25) is 0 Å². The highest BCUT2D eigenvalue weighted by Crippen LogP contribution is 2.35. The highest BCUT2D eigenvalue weighted by Gasteiger charge is 2.19. The maximum Gasteiger partial charge on any atom is 0.227 e. The van der Waals surface area contributed by atoms with Gasteiger partial charge in [0.05, 0.1) is 10.7 Å². The zero-order valence-corrected chi connectivity index (χ0v) is 11.5. The molecule has 2 aromatic rings. The Bertz CT molecular complexity index is 532. The van der Waals surface area contributed by atoms with Crippen molar-refractivity contribution < 1.29 is 0 Å². The SMILES string of the molecule is CC(C)(C)c1cccc(Nc2ncccn2)c1Cl. The van der Waals surface area contributed by atoms with Gasteiger partial charge in [-0.15, -0.1) is 0 Å². The lowest BCUT2D eigenvalue weighted by Crippen LogP contribution is -2.12. The van der Waals surface area contributed by atoms with Gasteiger partial charge >= 0.3 is 0 Å². The Balaban J connectivity index is 2.36. The molecule has 0 aliphatic carbocycles. The van der Waals surface area contributed by atoms with Gasteiger partial charge in [-0.05, 0) is 23.1 Å². The molecule has 0 aliphatic heterocycles. The van der Waals surface area contributed by atoms with Crippen LogP contribution >= 0.6 is 11.6 Å². The van der Waals surface area contributed by atoms with Gasteiger partial charge in [0.2, 0.25) is 5.95 Å². The monoisotopic (exact) mass is 261 g/mol. The minimum atomic E-state index is 0.00627. The van der Waals surface area contributed by atoms with Crippen LogP contribution in [0.2, 0.25) is 5.02 Å². The molecule has 1 aromatic carbocycles. The standard InChI is InChI=1S/C14H16ClN3/c1-14(2,3)10-6-4-7-11(12(10)15)18-13-16-8-5-9-17-13/h4-9H,1-3H3,(H,16,17,18). The van der Waals surface area contributed by atoms with E-state index in [-0.39, 0.29) is 5.41 Å². The van der Waals surface area contributed by atoms with Crippen LogP contribution in [0.1, 0.15) is 26.3 Å². The third-order valence-corrected chi connectivity index (χ3v) is 3.03. The van der Waals surface area contributed by atoms with Crippen LogP contribution in [0, 0.1) is 0 Å². The summed E-state index contributed by atoms with van der Waals surface area (Å²) in [5, 5.41) is 3.85. The van der Waals surface area contributed by atoms with Crippen LogP contribution < -0.4 is 5.32 Å². The summed E-state index contributed by atoms with van der Waals surface area (Å²) in [7, 11) is 0. The van der Waals surface area contributed by atoms with E-state index in [2.05, 4.69) is 36.1 Å². The lowest BCUT2D eigenvalue weighted by molar-refractivity contribution is 0.591. The predicted octanol–water partition coefficient (Wildman–Crippen LogP) is 4.17. The van der Waals surface area contributed by atoms with Crippen molar-refractivity contribution in [1.82, 2.24) is 9.97 Å². The predicted molar refractivity (Wildman–Crippen MR) is 75.5 cm³/mol. The largest absolute Gasteiger partial charge is 0.323 e. The Labute approximate surface area is 112 Å². The molecular weight excluding hydrogens is 246 g/mol. The van der Waals surface area contributed by atoms with E-state index in [0.717, 1.165) is 16.3 Å². The van der Waals surface area contributed by atoms with Gasteiger partial charge in [0, 0.05) is 12.4 Å². The summed E-state index contributed by atoms with van der Waals surface area (Å²) in [5.41, 5.74) is 1.94. The lowest BCUT2D eigenvalue weighted by atomic mass is 9.87. The fourth-order valence-corrected chi connectivity index (χ4v) is 2.15. The van der Waals surface area contributed by atoms with Gasteiger partial charge in [-0.2, -0.15) is 0 Å². The van der Waals surface area contributed by atoms with Crippen molar-refractivity contribution in [1.29, 1.82) is 0 Å². The highest BCUT2D eigenvalue weighted by atomic mass is 35.5. The molecule has 1 N–H and O–H groups in total. The summed E-state index contributed by atoms with van der Waals surface area (Å²) < 4.78 is 0. The van der Waals surface area contributed by atoms with E-state index in [4.69, 9.17) is 11.6 Å². The molecule has 1 aromatic heterocycles. The second-order valence-corrected chi connectivity index (χ2v) is 5.49. The van der Waals surface area contributed by atoms with E-state index in [1.807, 2.05) is 18.2 Å².